The van der Waals surface area contributed by atoms with Gasteiger partial charge in [-0.05, 0) is 55.3 Å². The molecule has 1 saturated heterocycles. The van der Waals surface area contributed by atoms with Gasteiger partial charge >= 0.3 is 0 Å². The average Bonchev–Trinajstić information content (AvgIpc) is 3.61. The fourth-order valence-electron chi connectivity index (χ4n) is 4.05. The van der Waals surface area contributed by atoms with Crippen molar-refractivity contribution in [2.75, 3.05) is 11.9 Å². The highest BCUT2D eigenvalue weighted by Gasteiger charge is 2.35. The van der Waals surface area contributed by atoms with Crippen molar-refractivity contribution in [1.29, 1.82) is 0 Å². The number of aromatic nitrogens is 4. The van der Waals surface area contributed by atoms with Gasteiger partial charge in [-0.2, -0.15) is 5.10 Å². The maximum Gasteiger partial charge on any atom is 0.272 e. The van der Waals surface area contributed by atoms with E-state index in [1.54, 1.807) is 23.4 Å². The number of carbonyl (C=O) groups excluding carboxylic acids is 2. The number of nitrogens with zero attached hydrogens (tertiary/aromatic N) is 4. The molecule has 0 aliphatic carbocycles. The number of amides is 2. The van der Waals surface area contributed by atoms with E-state index in [1.165, 1.54) is 0 Å². The Morgan fingerprint density at radius 2 is 1.91 bits per heavy atom. The van der Waals surface area contributed by atoms with Crippen molar-refractivity contribution in [3.8, 4) is 16.9 Å². The number of H-pyrrole nitrogens is 1. The minimum absolute atomic E-state index is 0.192. The van der Waals surface area contributed by atoms with Gasteiger partial charge in [0, 0.05) is 36.9 Å². The molecule has 1 fully saturated rings. The topological polar surface area (TPSA) is 95.9 Å². The van der Waals surface area contributed by atoms with Crippen molar-refractivity contribution in [3.05, 3.63) is 85.1 Å². The number of likely N-dealkylation sites (tertiary alicyclic amines) is 1. The number of hydrogen-bond donors (Lipinski definition) is 2. The van der Waals surface area contributed by atoms with Crippen molar-refractivity contribution in [2.45, 2.75) is 18.9 Å². The molecule has 1 aliphatic rings. The summed E-state index contributed by atoms with van der Waals surface area (Å²) < 4.78 is 1.94. The first-order chi connectivity index (χ1) is 15.7. The van der Waals surface area contributed by atoms with Crippen LogP contribution in [0, 0.1) is 0 Å². The van der Waals surface area contributed by atoms with Gasteiger partial charge in [0.2, 0.25) is 5.91 Å². The molecule has 2 N–H and O–H groups in total. The number of aromatic amines is 1. The van der Waals surface area contributed by atoms with Gasteiger partial charge in [0.1, 0.15) is 11.7 Å². The van der Waals surface area contributed by atoms with E-state index < -0.39 is 6.04 Å². The molecule has 32 heavy (non-hydrogen) atoms. The molecule has 0 saturated carbocycles. The van der Waals surface area contributed by atoms with Crippen LogP contribution in [0.1, 0.15) is 23.3 Å². The van der Waals surface area contributed by atoms with Gasteiger partial charge in [0.05, 0.1) is 17.1 Å². The molecular formula is C24H22N6O2. The minimum atomic E-state index is -0.537. The largest absolute Gasteiger partial charge is 0.325 e. The van der Waals surface area contributed by atoms with Crippen LogP contribution >= 0.6 is 0 Å². The monoisotopic (exact) mass is 426 g/mol. The van der Waals surface area contributed by atoms with Crippen LogP contribution in [0.15, 0.2) is 79.4 Å². The van der Waals surface area contributed by atoms with Crippen molar-refractivity contribution < 1.29 is 9.59 Å². The Kier molecular flexibility index (Phi) is 5.25. The van der Waals surface area contributed by atoms with Crippen molar-refractivity contribution in [2.24, 2.45) is 0 Å². The second kappa shape index (κ2) is 8.50. The Labute approximate surface area is 184 Å². The molecule has 160 valence electrons. The van der Waals surface area contributed by atoms with Crippen LogP contribution in [0.5, 0.6) is 0 Å². The van der Waals surface area contributed by atoms with Crippen molar-refractivity contribution in [3.63, 3.8) is 0 Å². The Morgan fingerprint density at radius 3 is 2.72 bits per heavy atom. The summed E-state index contributed by atoms with van der Waals surface area (Å²) >= 11 is 0. The van der Waals surface area contributed by atoms with E-state index in [1.807, 2.05) is 65.5 Å². The molecule has 0 spiro atoms. The Morgan fingerprint density at radius 1 is 1.06 bits per heavy atom. The molecule has 0 unspecified atom stereocenters. The summed E-state index contributed by atoms with van der Waals surface area (Å²) in [5.41, 5.74) is 3.39. The average molecular weight is 426 g/mol. The number of benzene rings is 1. The van der Waals surface area contributed by atoms with E-state index in [0.717, 1.165) is 17.7 Å². The summed E-state index contributed by atoms with van der Waals surface area (Å²) in [6, 6.07) is 16.3. The fourth-order valence-corrected chi connectivity index (χ4v) is 4.05. The summed E-state index contributed by atoms with van der Waals surface area (Å²) in [4.78, 5) is 32.0. The third-order valence-corrected chi connectivity index (χ3v) is 5.63. The van der Waals surface area contributed by atoms with Gasteiger partial charge in [0.15, 0.2) is 0 Å². The first-order valence-electron chi connectivity index (χ1n) is 10.5. The minimum Gasteiger partial charge on any atom is -0.325 e. The summed E-state index contributed by atoms with van der Waals surface area (Å²) in [7, 11) is 0. The lowest BCUT2D eigenvalue weighted by Crippen LogP contribution is -2.43. The predicted molar refractivity (Wildman–Crippen MR) is 120 cm³/mol. The van der Waals surface area contributed by atoms with Gasteiger partial charge in [-0.15, -0.1) is 0 Å². The highest BCUT2D eigenvalue weighted by molar-refractivity contribution is 6.02. The second-order valence-corrected chi connectivity index (χ2v) is 7.66. The molecule has 5 rings (SSSR count). The molecule has 1 aromatic carbocycles. The van der Waals surface area contributed by atoms with Crippen LogP contribution in [-0.2, 0) is 4.79 Å². The van der Waals surface area contributed by atoms with E-state index in [2.05, 4.69) is 20.5 Å². The lowest BCUT2D eigenvalue weighted by molar-refractivity contribution is -0.119. The van der Waals surface area contributed by atoms with Crippen LogP contribution in [0.4, 0.5) is 5.69 Å². The van der Waals surface area contributed by atoms with E-state index in [0.29, 0.717) is 30.0 Å². The molecule has 4 heterocycles. The Balaban J connectivity index is 1.34. The predicted octanol–water partition coefficient (Wildman–Crippen LogP) is 3.51. The number of anilines is 1. The molecule has 1 aliphatic heterocycles. The zero-order chi connectivity index (χ0) is 21.9. The SMILES string of the molecule is O=C(Nc1ccccc1-n1cccc1)[C@@H]1CCCN1C(=O)c1cc(-c2cccnc2)n[nH]1. The highest BCUT2D eigenvalue weighted by Crippen LogP contribution is 2.25. The van der Waals surface area contributed by atoms with Crippen LogP contribution in [-0.4, -0.2) is 49.0 Å². The number of pyridine rings is 1. The molecule has 8 nitrogen and oxygen atoms in total. The molecule has 0 bridgehead atoms. The summed E-state index contributed by atoms with van der Waals surface area (Å²) in [5.74, 6) is -0.425. The Bertz CT molecular complexity index is 1230. The summed E-state index contributed by atoms with van der Waals surface area (Å²) in [6.07, 6.45) is 8.62. The van der Waals surface area contributed by atoms with E-state index in [-0.39, 0.29) is 11.8 Å². The van der Waals surface area contributed by atoms with E-state index in [9.17, 15) is 9.59 Å². The molecule has 1 atom stereocenters. The first kappa shape index (κ1) is 19.7. The van der Waals surface area contributed by atoms with Crippen LogP contribution in [0.2, 0.25) is 0 Å². The van der Waals surface area contributed by atoms with Crippen LogP contribution in [0.25, 0.3) is 16.9 Å². The quantitative estimate of drug-likeness (QED) is 0.511. The molecule has 2 amide bonds. The van der Waals surface area contributed by atoms with Gasteiger partial charge < -0.3 is 14.8 Å². The van der Waals surface area contributed by atoms with Gasteiger partial charge in [0.25, 0.3) is 5.91 Å². The number of para-hydroxylation sites is 2. The molecule has 0 radical (unpaired) electrons. The number of carbonyl (C=O) groups is 2. The maximum absolute atomic E-state index is 13.2. The van der Waals surface area contributed by atoms with Crippen LogP contribution in [0.3, 0.4) is 0 Å². The van der Waals surface area contributed by atoms with E-state index >= 15 is 0 Å². The fraction of sp³-hybridized carbons (Fsp3) is 0.167. The third-order valence-electron chi connectivity index (χ3n) is 5.63. The number of nitrogens with one attached hydrogen (secondary N) is 2. The Hall–Kier alpha value is -4.20. The maximum atomic E-state index is 13.2. The molecule has 4 aromatic rings. The molecule has 8 heteroatoms. The second-order valence-electron chi connectivity index (χ2n) is 7.66. The van der Waals surface area contributed by atoms with Gasteiger partial charge in [-0.25, -0.2) is 0 Å². The highest BCUT2D eigenvalue weighted by atomic mass is 16.2. The summed E-state index contributed by atoms with van der Waals surface area (Å²) in [6.45, 7) is 0.525. The lowest BCUT2D eigenvalue weighted by atomic mass is 10.1. The molecular weight excluding hydrogens is 404 g/mol. The lowest BCUT2D eigenvalue weighted by Gasteiger charge is -2.24. The number of rotatable bonds is 5. The third kappa shape index (κ3) is 3.78. The standard InChI is InChI=1S/C24H22N6O2/c31-23(26-18-8-1-2-9-21(18)29-12-3-4-13-29)22-10-6-14-30(22)24(32)20-15-19(27-28-20)17-7-5-11-25-16-17/h1-5,7-9,11-13,15-16,22H,6,10,14H2,(H,26,31)(H,27,28)/t22-/m0/s1. The summed E-state index contributed by atoms with van der Waals surface area (Å²) in [5, 5.41) is 10.1. The van der Waals surface area contributed by atoms with Crippen molar-refractivity contribution >= 4 is 17.5 Å². The normalized spacial score (nSPS) is 15.6. The first-order valence-corrected chi connectivity index (χ1v) is 10.5. The smallest absolute Gasteiger partial charge is 0.272 e. The number of hydrogen-bond acceptors (Lipinski definition) is 4. The van der Waals surface area contributed by atoms with E-state index in [4.69, 9.17) is 0 Å². The zero-order valence-electron chi connectivity index (χ0n) is 17.3. The van der Waals surface area contributed by atoms with Gasteiger partial charge in [-0.1, -0.05) is 12.1 Å². The van der Waals surface area contributed by atoms with Gasteiger partial charge in [-0.3, -0.25) is 19.7 Å². The molecule has 3 aromatic heterocycles. The zero-order valence-corrected chi connectivity index (χ0v) is 17.3. The van der Waals surface area contributed by atoms with Crippen LogP contribution < -0.4 is 5.32 Å². The van der Waals surface area contributed by atoms with Crippen molar-refractivity contribution in [1.82, 2.24) is 24.6 Å².